The number of aliphatic hydroxyl groups is 1. The van der Waals surface area contributed by atoms with Crippen molar-refractivity contribution in [1.82, 2.24) is 18.7 Å². The lowest BCUT2D eigenvalue weighted by molar-refractivity contribution is 0.116. The van der Waals surface area contributed by atoms with Crippen molar-refractivity contribution in [2.75, 3.05) is 5.32 Å². The lowest BCUT2D eigenvalue weighted by atomic mass is 9.93. The van der Waals surface area contributed by atoms with E-state index < -0.39 is 17.4 Å². The number of nitrogens with one attached hydrogen (secondary N) is 1. The quantitative estimate of drug-likeness (QED) is 0.635. The average molecular weight is 452 g/mol. The number of rotatable bonds is 4. The van der Waals surface area contributed by atoms with Crippen LogP contribution < -0.4 is 16.6 Å². The minimum absolute atomic E-state index is 0.0631. The van der Waals surface area contributed by atoms with Gasteiger partial charge < -0.3 is 15.0 Å². The number of benzene rings is 1. The van der Waals surface area contributed by atoms with Crippen LogP contribution in [-0.2, 0) is 20.6 Å². The summed E-state index contributed by atoms with van der Waals surface area (Å²) in [5.41, 5.74) is 0.386. The van der Waals surface area contributed by atoms with E-state index in [2.05, 4.69) is 10.3 Å². The van der Waals surface area contributed by atoms with Gasteiger partial charge in [-0.05, 0) is 30.5 Å². The molecule has 1 aromatic carbocycles. The molecule has 2 atom stereocenters. The number of nitrogens with zero attached hydrogens (tertiary/aromatic N) is 4. The van der Waals surface area contributed by atoms with Crippen LogP contribution in [-0.4, -0.2) is 35.9 Å². The second-order valence-corrected chi connectivity index (χ2v) is 8.57. The summed E-state index contributed by atoms with van der Waals surface area (Å²) in [5, 5.41) is 14.3. The molecule has 8 nitrogen and oxygen atoms in total. The number of halogens is 2. The third kappa shape index (κ3) is 3.64. The van der Waals surface area contributed by atoms with Gasteiger partial charge in [-0.25, -0.2) is 4.79 Å². The number of fused-ring (bicyclic) bond motifs is 1. The summed E-state index contributed by atoms with van der Waals surface area (Å²) >= 11 is 12.0. The number of aromatic nitrogens is 4. The van der Waals surface area contributed by atoms with Crippen LogP contribution in [0.5, 0.6) is 0 Å². The summed E-state index contributed by atoms with van der Waals surface area (Å²) in [7, 11) is 3.31. The van der Waals surface area contributed by atoms with Gasteiger partial charge in [-0.3, -0.25) is 13.9 Å². The number of hydrogen-bond acceptors (Lipinski definition) is 5. The second kappa shape index (κ2) is 8.09. The predicted molar refractivity (Wildman–Crippen MR) is 118 cm³/mol. The summed E-state index contributed by atoms with van der Waals surface area (Å²) < 4.78 is 4.16. The zero-order valence-electron chi connectivity index (χ0n) is 16.7. The van der Waals surface area contributed by atoms with Crippen molar-refractivity contribution < 1.29 is 5.11 Å². The fourth-order valence-corrected chi connectivity index (χ4v) is 4.30. The van der Waals surface area contributed by atoms with Crippen molar-refractivity contribution in [2.45, 2.75) is 44.4 Å². The van der Waals surface area contributed by atoms with Gasteiger partial charge in [-0.1, -0.05) is 42.1 Å². The monoisotopic (exact) mass is 451 g/mol. The lowest BCUT2D eigenvalue weighted by Crippen LogP contribution is -2.39. The molecule has 4 rings (SSSR count). The number of aryl methyl sites for hydroxylation is 2. The van der Waals surface area contributed by atoms with Gasteiger partial charge in [-0.2, -0.15) is 4.98 Å². The minimum Gasteiger partial charge on any atom is -0.391 e. The van der Waals surface area contributed by atoms with Crippen LogP contribution in [0.1, 0.15) is 31.2 Å². The first-order valence-electron chi connectivity index (χ1n) is 9.82. The maximum absolute atomic E-state index is 13.2. The van der Waals surface area contributed by atoms with Crippen molar-refractivity contribution in [3.8, 4) is 0 Å². The molecule has 0 bridgehead atoms. The molecule has 2 N–H and O–H groups in total. The van der Waals surface area contributed by atoms with E-state index in [-0.39, 0.29) is 12.6 Å². The number of anilines is 1. The number of imidazole rings is 1. The summed E-state index contributed by atoms with van der Waals surface area (Å²) in [6.45, 7) is 0.0631. The molecule has 1 aliphatic rings. The van der Waals surface area contributed by atoms with Crippen LogP contribution in [0.15, 0.2) is 27.8 Å². The van der Waals surface area contributed by atoms with Crippen LogP contribution in [0.4, 0.5) is 5.95 Å². The van der Waals surface area contributed by atoms with E-state index >= 15 is 0 Å². The van der Waals surface area contributed by atoms with Crippen molar-refractivity contribution in [3.63, 3.8) is 0 Å². The molecular formula is C20H23Cl2N5O3. The second-order valence-electron chi connectivity index (χ2n) is 7.75. The number of aliphatic hydroxyl groups excluding tert-OH is 1. The first kappa shape index (κ1) is 21.0. The van der Waals surface area contributed by atoms with Gasteiger partial charge in [0.1, 0.15) is 0 Å². The molecule has 30 heavy (non-hydrogen) atoms. The Morgan fingerprint density at radius 3 is 2.57 bits per heavy atom. The van der Waals surface area contributed by atoms with E-state index in [0.29, 0.717) is 32.7 Å². The van der Waals surface area contributed by atoms with Crippen molar-refractivity contribution in [2.24, 2.45) is 14.1 Å². The predicted octanol–water partition coefficient (Wildman–Crippen LogP) is 2.50. The molecule has 0 aliphatic heterocycles. The molecule has 10 heteroatoms. The normalized spacial score (nSPS) is 19.4. The molecule has 0 radical (unpaired) electrons. The largest absolute Gasteiger partial charge is 0.391 e. The zero-order chi connectivity index (χ0) is 21.6. The van der Waals surface area contributed by atoms with E-state index in [9.17, 15) is 14.7 Å². The third-order valence-electron chi connectivity index (χ3n) is 5.73. The average Bonchev–Trinajstić information content (AvgIpc) is 3.04. The molecule has 0 unspecified atom stereocenters. The Balaban J connectivity index is 1.78. The van der Waals surface area contributed by atoms with Gasteiger partial charge in [0.05, 0.1) is 28.7 Å². The van der Waals surface area contributed by atoms with Crippen molar-refractivity contribution in [3.05, 3.63) is 54.6 Å². The molecule has 0 saturated heterocycles. The Morgan fingerprint density at radius 1 is 1.13 bits per heavy atom. The summed E-state index contributed by atoms with van der Waals surface area (Å²) in [6.07, 6.45) is 3.11. The molecule has 1 saturated carbocycles. The van der Waals surface area contributed by atoms with Gasteiger partial charge in [-0.15, -0.1) is 0 Å². The molecule has 160 valence electrons. The standard InChI is InChI=1S/C20H23Cl2N5O3/c1-25-16-17(24-19(25)23-14-5-3-4-6-15(14)28)26(2)20(30)27(18(16)29)10-11-7-8-12(21)13(22)9-11/h7-9,14-15,28H,3-6,10H2,1-2H3,(H,23,24)/t14-,15-/m0/s1. The van der Waals surface area contributed by atoms with Crippen LogP contribution in [0.3, 0.4) is 0 Å². The van der Waals surface area contributed by atoms with Gasteiger partial charge >= 0.3 is 5.69 Å². The van der Waals surface area contributed by atoms with Crippen LogP contribution in [0.2, 0.25) is 10.0 Å². The highest BCUT2D eigenvalue weighted by Crippen LogP contribution is 2.24. The van der Waals surface area contributed by atoms with Crippen molar-refractivity contribution >= 4 is 40.3 Å². The Bertz CT molecular complexity index is 1230. The van der Waals surface area contributed by atoms with Crippen LogP contribution in [0, 0.1) is 0 Å². The Hall–Kier alpha value is -2.29. The van der Waals surface area contributed by atoms with E-state index in [4.69, 9.17) is 23.2 Å². The Labute approximate surface area is 182 Å². The van der Waals surface area contributed by atoms with E-state index in [1.165, 1.54) is 4.57 Å². The zero-order valence-corrected chi connectivity index (χ0v) is 18.2. The summed E-state index contributed by atoms with van der Waals surface area (Å²) in [5.74, 6) is 0.454. The smallest absolute Gasteiger partial charge is 0.332 e. The van der Waals surface area contributed by atoms with Gasteiger partial charge in [0, 0.05) is 14.1 Å². The van der Waals surface area contributed by atoms with Crippen LogP contribution >= 0.6 is 23.2 Å². The number of hydrogen-bond donors (Lipinski definition) is 2. The maximum Gasteiger partial charge on any atom is 0.332 e. The SMILES string of the molecule is Cn1c(N[C@H]2CCCC[C@@H]2O)nc2c1c(=O)n(Cc1ccc(Cl)c(Cl)c1)c(=O)n2C. The molecule has 1 fully saturated rings. The van der Waals surface area contributed by atoms with Crippen molar-refractivity contribution in [1.29, 1.82) is 0 Å². The minimum atomic E-state index is -0.471. The molecule has 2 heterocycles. The first-order chi connectivity index (χ1) is 14.3. The lowest BCUT2D eigenvalue weighted by Gasteiger charge is -2.28. The molecule has 0 amide bonds. The fraction of sp³-hybridized carbons (Fsp3) is 0.450. The van der Waals surface area contributed by atoms with Crippen LogP contribution in [0.25, 0.3) is 11.2 Å². The highest BCUT2D eigenvalue weighted by Gasteiger charge is 2.26. The molecular weight excluding hydrogens is 429 g/mol. The highest BCUT2D eigenvalue weighted by molar-refractivity contribution is 6.42. The molecule has 0 spiro atoms. The Kier molecular flexibility index (Phi) is 5.65. The molecule has 1 aliphatic carbocycles. The first-order valence-corrected chi connectivity index (χ1v) is 10.6. The van der Waals surface area contributed by atoms with Gasteiger partial charge in [0.15, 0.2) is 11.2 Å². The third-order valence-corrected chi connectivity index (χ3v) is 6.47. The van der Waals surface area contributed by atoms with Gasteiger partial charge in [0.2, 0.25) is 5.95 Å². The summed E-state index contributed by atoms with van der Waals surface area (Å²) in [6, 6.07) is 4.87. The van der Waals surface area contributed by atoms with Gasteiger partial charge in [0.25, 0.3) is 5.56 Å². The summed E-state index contributed by atoms with van der Waals surface area (Å²) in [4.78, 5) is 30.6. The molecule has 2 aromatic heterocycles. The maximum atomic E-state index is 13.2. The van der Waals surface area contributed by atoms with E-state index in [0.717, 1.165) is 30.3 Å². The fourth-order valence-electron chi connectivity index (χ4n) is 3.98. The van der Waals surface area contributed by atoms with E-state index in [1.54, 1.807) is 36.9 Å². The molecule has 3 aromatic rings. The highest BCUT2D eigenvalue weighted by atomic mass is 35.5. The Morgan fingerprint density at radius 2 is 1.87 bits per heavy atom. The topological polar surface area (TPSA) is 94.1 Å². The van der Waals surface area contributed by atoms with E-state index in [1.807, 2.05) is 0 Å².